The molecular formula is C26H34O2Si. The van der Waals surface area contributed by atoms with Gasteiger partial charge in [0.25, 0.3) is 8.32 Å². The number of rotatable bonds is 7. The lowest BCUT2D eigenvalue weighted by atomic mass is 9.98. The van der Waals surface area contributed by atoms with Gasteiger partial charge in [-0.1, -0.05) is 99.7 Å². The van der Waals surface area contributed by atoms with Crippen LogP contribution in [-0.2, 0) is 9.16 Å². The molecule has 2 aromatic rings. The summed E-state index contributed by atoms with van der Waals surface area (Å²) < 4.78 is 13.4. The summed E-state index contributed by atoms with van der Waals surface area (Å²) in [5.41, 5.74) is 1.25. The molecule has 0 spiro atoms. The van der Waals surface area contributed by atoms with Crippen molar-refractivity contribution in [2.24, 2.45) is 0 Å². The van der Waals surface area contributed by atoms with Gasteiger partial charge in [-0.2, -0.15) is 0 Å². The summed E-state index contributed by atoms with van der Waals surface area (Å²) in [7, 11) is -2.53. The lowest BCUT2D eigenvalue weighted by molar-refractivity contribution is -0.0503. The van der Waals surface area contributed by atoms with E-state index in [9.17, 15) is 0 Å². The summed E-state index contributed by atoms with van der Waals surface area (Å²) in [5, 5.41) is 2.58. The highest BCUT2D eigenvalue weighted by Gasteiger charge is 2.50. The summed E-state index contributed by atoms with van der Waals surface area (Å²) in [4.78, 5) is 0. The quantitative estimate of drug-likeness (QED) is 0.462. The average molecular weight is 407 g/mol. The molecule has 1 heterocycles. The molecule has 1 fully saturated rings. The predicted molar refractivity (Wildman–Crippen MR) is 125 cm³/mol. The van der Waals surface area contributed by atoms with Gasteiger partial charge in [0.2, 0.25) is 0 Å². The Balaban J connectivity index is 1.96. The van der Waals surface area contributed by atoms with Crippen molar-refractivity contribution in [1.29, 1.82) is 0 Å². The second kappa shape index (κ2) is 9.25. The molecule has 1 saturated heterocycles. The molecule has 0 saturated carbocycles. The molecular weight excluding hydrogens is 372 g/mol. The second-order valence-corrected chi connectivity index (χ2v) is 13.3. The first-order chi connectivity index (χ1) is 13.9. The summed E-state index contributed by atoms with van der Waals surface area (Å²) in [5.74, 6) is 0. The molecule has 1 aliphatic rings. The van der Waals surface area contributed by atoms with Crippen molar-refractivity contribution in [3.8, 4) is 0 Å². The Morgan fingerprint density at radius 2 is 1.48 bits per heavy atom. The largest absolute Gasteiger partial charge is 0.405 e. The van der Waals surface area contributed by atoms with Crippen LogP contribution in [0.4, 0.5) is 0 Å². The molecule has 2 nitrogen and oxygen atoms in total. The topological polar surface area (TPSA) is 18.5 Å². The number of benzene rings is 2. The van der Waals surface area contributed by atoms with E-state index < -0.39 is 8.32 Å². The smallest absolute Gasteiger partial charge is 0.261 e. The molecule has 3 heteroatoms. The minimum absolute atomic E-state index is 0.0259. The third-order valence-electron chi connectivity index (χ3n) is 5.75. The van der Waals surface area contributed by atoms with Crippen molar-refractivity contribution in [3.63, 3.8) is 0 Å². The lowest BCUT2D eigenvalue weighted by Gasteiger charge is -2.44. The van der Waals surface area contributed by atoms with Gasteiger partial charge in [0.05, 0.1) is 18.8 Å². The van der Waals surface area contributed by atoms with Crippen LogP contribution in [0.5, 0.6) is 0 Å². The van der Waals surface area contributed by atoms with Crippen LogP contribution in [0.1, 0.15) is 40.0 Å². The van der Waals surface area contributed by atoms with Gasteiger partial charge < -0.3 is 9.16 Å². The number of hydrogen-bond donors (Lipinski definition) is 0. The fraction of sp³-hybridized carbons (Fsp3) is 0.385. The Morgan fingerprint density at radius 3 is 1.97 bits per heavy atom. The van der Waals surface area contributed by atoms with E-state index >= 15 is 0 Å². The minimum atomic E-state index is -2.53. The van der Waals surface area contributed by atoms with Crippen LogP contribution < -0.4 is 10.4 Å². The molecule has 2 aromatic carbocycles. The summed E-state index contributed by atoms with van der Waals surface area (Å²) in [6.07, 6.45) is 4.79. The van der Waals surface area contributed by atoms with Gasteiger partial charge in [0.1, 0.15) is 0 Å². The zero-order valence-electron chi connectivity index (χ0n) is 18.1. The van der Waals surface area contributed by atoms with Crippen LogP contribution in [0.25, 0.3) is 0 Å². The van der Waals surface area contributed by atoms with Crippen LogP contribution in [0, 0.1) is 0 Å². The summed E-state index contributed by atoms with van der Waals surface area (Å²) in [6.45, 7) is 15.6. The van der Waals surface area contributed by atoms with Gasteiger partial charge in [-0.25, -0.2) is 0 Å². The highest BCUT2D eigenvalue weighted by molar-refractivity contribution is 6.99. The van der Waals surface area contributed by atoms with Crippen molar-refractivity contribution in [2.45, 2.75) is 57.3 Å². The molecule has 29 heavy (non-hydrogen) atoms. The third-order valence-corrected chi connectivity index (χ3v) is 10.8. The van der Waals surface area contributed by atoms with Crippen LogP contribution in [0.2, 0.25) is 5.04 Å². The number of hydrogen-bond acceptors (Lipinski definition) is 2. The van der Waals surface area contributed by atoms with Crippen molar-refractivity contribution in [3.05, 3.63) is 85.5 Å². The maximum absolute atomic E-state index is 7.03. The Labute approximate surface area is 177 Å². The first-order valence-electron chi connectivity index (χ1n) is 10.5. The molecule has 0 radical (unpaired) electrons. The van der Waals surface area contributed by atoms with Gasteiger partial charge in [-0.3, -0.25) is 0 Å². The maximum Gasteiger partial charge on any atom is 0.261 e. The Hall–Kier alpha value is -1.94. The van der Waals surface area contributed by atoms with Crippen LogP contribution in [0.3, 0.4) is 0 Å². The monoisotopic (exact) mass is 406 g/mol. The predicted octanol–water partition coefficient (Wildman–Crippen LogP) is 5.24. The summed E-state index contributed by atoms with van der Waals surface area (Å²) in [6, 6.07) is 21.5. The van der Waals surface area contributed by atoms with Crippen molar-refractivity contribution >= 4 is 18.7 Å². The first kappa shape index (κ1) is 21.8. The Morgan fingerprint density at radius 1 is 0.966 bits per heavy atom. The Kier molecular flexibility index (Phi) is 6.94. The Bertz CT molecular complexity index is 768. The van der Waals surface area contributed by atoms with E-state index in [2.05, 4.69) is 94.6 Å². The van der Waals surface area contributed by atoms with Crippen molar-refractivity contribution in [1.82, 2.24) is 0 Å². The van der Waals surface area contributed by atoms with Gasteiger partial charge in [-0.05, 0) is 34.7 Å². The minimum Gasteiger partial charge on any atom is -0.405 e. The molecule has 0 aliphatic carbocycles. The van der Waals surface area contributed by atoms with Gasteiger partial charge in [0.15, 0.2) is 0 Å². The molecule has 1 aliphatic heterocycles. The standard InChI is InChI=1S/C26H34O2Si/c1-6-13-22-18-21(2)19-23(28-22)20-27-29(26(3,4)5,24-14-9-7-10-15-24)25-16-11-8-12-17-25/h6-12,14-17,22-23H,1-2,13,18-20H2,3-5H3/t22-,23-/m0/s1. The molecule has 0 amide bonds. The fourth-order valence-electron chi connectivity index (χ4n) is 4.50. The fourth-order valence-corrected chi connectivity index (χ4v) is 9.09. The zero-order chi connectivity index (χ0) is 20.9. The van der Waals surface area contributed by atoms with E-state index in [1.807, 2.05) is 6.08 Å². The maximum atomic E-state index is 7.03. The van der Waals surface area contributed by atoms with E-state index in [4.69, 9.17) is 9.16 Å². The third kappa shape index (κ3) is 4.80. The van der Waals surface area contributed by atoms with E-state index in [1.165, 1.54) is 15.9 Å². The van der Waals surface area contributed by atoms with E-state index in [-0.39, 0.29) is 17.2 Å². The SMILES string of the molecule is C=CC[C@H]1CC(=C)C[C@@H](CO[Si](c2ccccc2)(c2ccccc2)C(C)(C)C)O1. The average Bonchev–Trinajstić information content (AvgIpc) is 2.69. The molecule has 154 valence electrons. The molecule has 0 N–H and O–H groups in total. The molecule has 0 unspecified atom stereocenters. The highest BCUT2D eigenvalue weighted by atomic mass is 28.4. The van der Waals surface area contributed by atoms with Crippen molar-refractivity contribution < 1.29 is 9.16 Å². The van der Waals surface area contributed by atoms with Crippen LogP contribution in [-0.4, -0.2) is 27.1 Å². The molecule has 0 aromatic heterocycles. The lowest BCUT2D eigenvalue weighted by Crippen LogP contribution is -2.67. The van der Waals surface area contributed by atoms with Gasteiger partial charge in [-0.15, -0.1) is 6.58 Å². The van der Waals surface area contributed by atoms with E-state index in [0.29, 0.717) is 6.61 Å². The molecule has 2 atom stereocenters. The van der Waals surface area contributed by atoms with Gasteiger partial charge in [0, 0.05) is 0 Å². The van der Waals surface area contributed by atoms with Crippen LogP contribution in [0.15, 0.2) is 85.5 Å². The second-order valence-electron chi connectivity index (χ2n) is 9.04. The van der Waals surface area contributed by atoms with E-state index in [0.717, 1.165) is 19.3 Å². The number of ether oxygens (including phenoxy) is 1. The highest BCUT2D eigenvalue weighted by Crippen LogP contribution is 2.37. The normalized spacial score (nSPS) is 20.4. The van der Waals surface area contributed by atoms with E-state index in [1.54, 1.807) is 0 Å². The first-order valence-corrected chi connectivity index (χ1v) is 12.5. The summed E-state index contributed by atoms with van der Waals surface area (Å²) >= 11 is 0. The van der Waals surface area contributed by atoms with Crippen molar-refractivity contribution in [2.75, 3.05) is 6.61 Å². The zero-order valence-corrected chi connectivity index (χ0v) is 19.1. The molecule has 0 bridgehead atoms. The van der Waals surface area contributed by atoms with Crippen LogP contribution >= 0.6 is 0 Å². The molecule has 3 rings (SSSR count). The van der Waals surface area contributed by atoms with Gasteiger partial charge >= 0.3 is 0 Å².